The van der Waals surface area contributed by atoms with Gasteiger partial charge in [-0.1, -0.05) is 41.9 Å². The topological polar surface area (TPSA) is 38.1 Å². The molecule has 0 unspecified atom stereocenters. The van der Waals surface area contributed by atoms with Gasteiger partial charge in [0.25, 0.3) is 5.91 Å². The molecular weight excluding hydrogens is 334 g/mol. The second-order valence-electron chi connectivity index (χ2n) is 6.23. The lowest BCUT2D eigenvalue weighted by molar-refractivity contribution is 0.0976. The third-order valence-electron chi connectivity index (χ3n) is 4.59. The largest absolute Gasteiger partial charge is 0.307 e. The molecule has 0 radical (unpaired) electrons. The lowest BCUT2D eigenvalue weighted by Crippen LogP contribution is -2.36. The van der Waals surface area contributed by atoms with E-state index in [4.69, 9.17) is 11.6 Å². The van der Waals surface area contributed by atoms with Crippen molar-refractivity contribution in [3.05, 3.63) is 70.9 Å². The highest BCUT2D eigenvalue weighted by Crippen LogP contribution is 2.29. The molecule has 25 heavy (non-hydrogen) atoms. The maximum atomic E-state index is 13.1. The molecule has 1 aliphatic rings. The number of nitrogens with zero attached hydrogens (tertiary/aromatic N) is 3. The van der Waals surface area contributed by atoms with Crippen LogP contribution in [0, 0.1) is 0 Å². The fraction of sp³-hybridized carbons (Fsp3) is 0.200. The van der Waals surface area contributed by atoms with Gasteiger partial charge in [-0.15, -0.1) is 0 Å². The van der Waals surface area contributed by atoms with E-state index in [1.807, 2.05) is 60.5 Å². The van der Waals surface area contributed by atoms with Gasteiger partial charge in [-0.05, 0) is 42.7 Å². The molecule has 0 N–H and O–H groups in total. The van der Waals surface area contributed by atoms with Gasteiger partial charge in [-0.2, -0.15) is 5.10 Å². The number of para-hydroxylation sites is 1. The van der Waals surface area contributed by atoms with Gasteiger partial charge in [0, 0.05) is 29.9 Å². The minimum Gasteiger partial charge on any atom is -0.307 e. The van der Waals surface area contributed by atoms with Gasteiger partial charge in [0.15, 0.2) is 0 Å². The van der Waals surface area contributed by atoms with Crippen LogP contribution in [0.3, 0.4) is 0 Å². The molecular formula is C20H18ClN3O. The predicted molar refractivity (Wildman–Crippen MR) is 100 cm³/mol. The first kappa shape index (κ1) is 15.9. The van der Waals surface area contributed by atoms with E-state index in [-0.39, 0.29) is 5.91 Å². The molecule has 2 aromatic carbocycles. The van der Waals surface area contributed by atoms with Crippen molar-refractivity contribution in [1.29, 1.82) is 0 Å². The highest BCUT2D eigenvalue weighted by molar-refractivity contribution is 6.30. The van der Waals surface area contributed by atoms with Crippen LogP contribution in [0.2, 0.25) is 5.02 Å². The number of aromatic nitrogens is 2. The Morgan fingerprint density at radius 1 is 1.12 bits per heavy atom. The fourth-order valence-electron chi connectivity index (χ4n) is 3.31. The smallest absolute Gasteiger partial charge is 0.276 e. The molecule has 3 aromatic rings. The molecule has 1 amide bonds. The number of carbonyl (C=O) groups is 1. The highest BCUT2D eigenvalue weighted by atomic mass is 35.5. The summed E-state index contributed by atoms with van der Waals surface area (Å²) in [5, 5.41) is 5.19. The molecule has 4 rings (SSSR count). The zero-order valence-electron chi connectivity index (χ0n) is 13.9. The van der Waals surface area contributed by atoms with Crippen molar-refractivity contribution in [2.75, 3.05) is 11.4 Å². The van der Waals surface area contributed by atoms with Gasteiger partial charge >= 0.3 is 0 Å². The average molecular weight is 352 g/mol. The Kier molecular flexibility index (Phi) is 4.06. The van der Waals surface area contributed by atoms with Crippen LogP contribution in [0.4, 0.5) is 5.69 Å². The first-order valence-corrected chi connectivity index (χ1v) is 8.71. The van der Waals surface area contributed by atoms with Gasteiger partial charge in [0.1, 0.15) is 5.69 Å². The quantitative estimate of drug-likeness (QED) is 0.689. The molecule has 1 aliphatic heterocycles. The molecule has 0 aliphatic carbocycles. The van der Waals surface area contributed by atoms with Gasteiger partial charge in [0.2, 0.25) is 0 Å². The van der Waals surface area contributed by atoms with Crippen LogP contribution in [0.25, 0.3) is 11.3 Å². The van der Waals surface area contributed by atoms with Crippen molar-refractivity contribution in [2.24, 2.45) is 7.05 Å². The SMILES string of the molecule is Cn1nc(-c2ccc(Cl)cc2)cc1C(=O)N1CCCc2ccccc21. The molecule has 4 nitrogen and oxygen atoms in total. The standard InChI is InChI=1S/C20H18ClN3O/c1-23-19(13-17(22-23)14-8-10-16(21)11-9-14)20(25)24-12-4-6-15-5-2-3-7-18(15)24/h2-3,5,7-11,13H,4,6,12H2,1H3. The van der Waals surface area contributed by atoms with E-state index in [9.17, 15) is 4.79 Å². The summed E-state index contributed by atoms with van der Waals surface area (Å²) >= 11 is 5.95. The Labute approximate surface area is 151 Å². The number of hydrogen-bond donors (Lipinski definition) is 0. The monoisotopic (exact) mass is 351 g/mol. The number of fused-ring (bicyclic) bond motifs is 1. The van der Waals surface area contributed by atoms with Crippen molar-refractivity contribution >= 4 is 23.2 Å². The van der Waals surface area contributed by atoms with E-state index in [0.29, 0.717) is 10.7 Å². The van der Waals surface area contributed by atoms with E-state index in [2.05, 4.69) is 11.2 Å². The number of aryl methyl sites for hydroxylation is 2. The minimum absolute atomic E-state index is 0.0117. The zero-order valence-corrected chi connectivity index (χ0v) is 14.7. The maximum absolute atomic E-state index is 13.1. The molecule has 126 valence electrons. The first-order valence-electron chi connectivity index (χ1n) is 8.33. The Morgan fingerprint density at radius 3 is 2.68 bits per heavy atom. The summed E-state index contributed by atoms with van der Waals surface area (Å²) in [5.74, 6) is -0.0117. The Balaban J connectivity index is 1.69. The minimum atomic E-state index is -0.0117. The second kappa shape index (κ2) is 6.37. The van der Waals surface area contributed by atoms with Gasteiger partial charge in [-0.25, -0.2) is 0 Å². The van der Waals surface area contributed by atoms with Crippen LogP contribution >= 0.6 is 11.6 Å². The third-order valence-corrected chi connectivity index (χ3v) is 4.85. The lowest BCUT2D eigenvalue weighted by atomic mass is 10.0. The summed E-state index contributed by atoms with van der Waals surface area (Å²) in [6.45, 7) is 0.733. The number of hydrogen-bond acceptors (Lipinski definition) is 2. The molecule has 5 heteroatoms. The molecule has 1 aromatic heterocycles. The molecule has 0 bridgehead atoms. The van der Waals surface area contributed by atoms with E-state index >= 15 is 0 Å². The van der Waals surface area contributed by atoms with E-state index in [1.165, 1.54) is 5.56 Å². The summed E-state index contributed by atoms with van der Waals surface area (Å²) in [6.07, 6.45) is 1.99. The number of amides is 1. The lowest BCUT2D eigenvalue weighted by Gasteiger charge is -2.29. The molecule has 2 heterocycles. The number of halogens is 1. The zero-order chi connectivity index (χ0) is 17.4. The van der Waals surface area contributed by atoms with Gasteiger partial charge in [0.05, 0.1) is 5.69 Å². The van der Waals surface area contributed by atoms with E-state index in [1.54, 1.807) is 4.68 Å². The van der Waals surface area contributed by atoms with E-state index in [0.717, 1.165) is 36.3 Å². The Hall–Kier alpha value is -2.59. The number of carbonyl (C=O) groups excluding carboxylic acids is 1. The van der Waals surface area contributed by atoms with Crippen LogP contribution in [0.15, 0.2) is 54.6 Å². The number of anilines is 1. The number of benzene rings is 2. The normalized spacial score (nSPS) is 13.6. The van der Waals surface area contributed by atoms with Crippen LogP contribution in [-0.2, 0) is 13.5 Å². The molecule has 0 fully saturated rings. The van der Waals surface area contributed by atoms with Crippen molar-refractivity contribution in [3.8, 4) is 11.3 Å². The first-order chi connectivity index (χ1) is 12.1. The van der Waals surface area contributed by atoms with E-state index < -0.39 is 0 Å². The van der Waals surface area contributed by atoms with Gasteiger partial charge < -0.3 is 4.90 Å². The van der Waals surface area contributed by atoms with Gasteiger partial charge in [-0.3, -0.25) is 9.48 Å². The Morgan fingerprint density at radius 2 is 1.88 bits per heavy atom. The second-order valence-corrected chi connectivity index (χ2v) is 6.67. The molecule has 0 saturated carbocycles. The summed E-state index contributed by atoms with van der Waals surface area (Å²) < 4.78 is 1.66. The average Bonchev–Trinajstić information content (AvgIpc) is 3.03. The third kappa shape index (κ3) is 2.94. The van der Waals surface area contributed by atoms with Crippen molar-refractivity contribution in [2.45, 2.75) is 12.8 Å². The number of rotatable bonds is 2. The summed E-state index contributed by atoms with van der Waals surface area (Å²) in [4.78, 5) is 15.0. The summed E-state index contributed by atoms with van der Waals surface area (Å²) in [7, 11) is 1.81. The van der Waals surface area contributed by atoms with Crippen LogP contribution in [0.5, 0.6) is 0 Å². The fourth-order valence-corrected chi connectivity index (χ4v) is 3.44. The summed E-state index contributed by atoms with van der Waals surface area (Å²) in [6, 6.07) is 17.4. The predicted octanol–water partition coefficient (Wildman–Crippen LogP) is 4.33. The maximum Gasteiger partial charge on any atom is 0.276 e. The van der Waals surface area contributed by atoms with Crippen molar-refractivity contribution < 1.29 is 4.79 Å². The van der Waals surface area contributed by atoms with Crippen LogP contribution in [0.1, 0.15) is 22.5 Å². The van der Waals surface area contributed by atoms with Crippen LogP contribution in [-0.4, -0.2) is 22.2 Å². The van der Waals surface area contributed by atoms with Crippen molar-refractivity contribution in [3.63, 3.8) is 0 Å². The summed E-state index contributed by atoms with van der Waals surface area (Å²) in [5.41, 5.74) is 4.53. The Bertz CT molecular complexity index is 930. The highest BCUT2D eigenvalue weighted by Gasteiger charge is 2.26. The molecule has 0 saturated heterocycles. The molecule has 0 atom stereocenters. The van der Waals surface area contributed by atoms with Crippen LogP contribution < -0.4 is 4.90 Å². The van der Waals surface area contributed by atoms with Crippen molar-refractivity contribution in [1.82, 2.24) is 9.78 Å². The molecule has 0 spiro atoms.